The van der Waals surface area contributed by atoms with Crippen molar-refractivity contribution in [2.24, 2.45) is 4.99 Å². The van der Waals surface area contributed by atoms with Crippen molar-refractivity contribution >= 4 is 46.7 Å². The largest absolute Gasteiger partial charge is 0.378 e. The molecule has 2 N–H and O–H groups in total. The number of piperazine rings is 1. The van der Waals surface area contributed by atoms with Crippen LogP contribution in [0.15, 0.2) is 29.4 Å². The number of carbonyl (C=O) groups excluding carboxylic acids is 1. The minimum atomic E-state index is 0. The summed E-state index contributed by atoms with van der Waals surface area (Å²) in [5, 5.41) is 4.74. The van der Waals surface area contributed by atoms with Crippen molar-refractivity contribution in [2.45, 2.75) is 20.3 Å². The molecule has 2 aromatic rings. The average Bonchev–Trinajstić information content (AvgIpc) is 3.24. The number of guanidine groups is 1. The van der Waals surface area contributed by atoms with Gasteiger partial charge in [0.15, 0.2) is 5.96 Å². The first-order chi connectivity index (χ1) is 15.7. The third kappa shape index (κ3) is 6.60. The van der Waals surface area contributed by atoms with E-state index in [1.165, 1.54) is 22.0 Å². The maximum atomic E-state index is 12.5. The molecule has 1 aromatic heterocycles. The van der Waals surface area contributed by atoms with Gasteiger partial charge in [-0.15, -0.1) is 24.0 Å². The minimum absolute atomic E-state index is 0. The van der Waals surface area contributed by atoms with E-state index in [9.17, 15) is 4.79 Å². The molecule has 182 valence electrons. The fourth-order valence-corrected chi connectivity index (χ4v) is 4.50. The third-order valence-corrected chi connectivity index (χ3v) is 6.38. The van der Waals surface area contributed by atoms with Gasteiger partial charge < -0.3 is 24.8 Å². The van der Waals surface area contributed by atoms with Crippen molar-refractivity contribution in [3.63, 3.8) is 0 Å². The fraction of sp³-hybridized carbons (Fsp3) is 0.583. The molecule has 0 bridgehead atoms. The highest BCUT2D eigenvalue weighted by atomic mass is 127. The number of benzene rings is 1. The van der Waals surface area contributed by atoms with E-state index in [4.69, 9.17) is 9.73 Å². The number of ether oxygens (including phenoxy) is 1. The number of carbonyl (C=O) groups is 1. The predicted octanol–water partition coefficient (Wildman–Crippen LogP) is 2.08. The number of morpholine rings is 1. The molecule has 1 amide bonds. The number of para-hydroxylation sites is 1. The van der Waals surface area contributed by atoms with Gasteiger partial charge in [0.1, 0.15) is 0 Å². The number of amides is 1. The van der Waals surface area contributed by atoms with Crippen LogP contribution in [0.2, 0.25) is 0 Å². The van der Waals surface area contributed by atoms with Crippen molar-refractivity contribution in [3.05, 3.63) is 35.5 Å². The van der Waals surface area contributed by atoms with Crippen LogP contribution in [-0.4, -0.2) is 104 Å². The summed E-state index contributed by atoms with van der Waals surface area (Å²) < 4.78 is 5.35. The van der Waals surface area contributed by atoms with E-state index in [-0.39, 0.29) is 29.9 Å². The lowest BCUT2D eigenvalue weighted by atomic mass is 10.1. The predicted molar refractivity (Wildman–Crippen MR) is 144 cm³/mol. The van der Waals surface area contributed by atoms with Gasteiger partial charge in [0.05, 0.1) is 19.8 Å². The smallest absolute Gasteiger partial charge is 0.236 e. The second kappa shape index (κ2) is 12.6. The molecule has 0 aliphatic carbocycles. The lowest BCUT2D eigenvalue weighted by Crippen LogP contribution is -2.55. The van der Waals surface area contributed by atoms with E-state index in [0.717, 1.165) is 51.6 Å². The molecule has 0 saturated carbocycles. The van der Waals surface area contributed by atoms with Crippen LogP contribution >= 0.6 is 24.0 Å². The third-order valence-electron chi connectivity index (χ3n) is 6.38. The number of aliphatic imine (C=N–C) groups is 1. The van der Waals surface area contributed by atoms with Crippen LogP contribution in [0.1, 0.15) is 18.1 Å². The van der Waals surface area contributed by atoms with Crippen molar-refractivity contribution in [1.29, 1.82) is 0 Å². The van der Waals surface area contributed by atoms with Gasteiger partial charge in [0.2, 0.25) is 5.91 Å². The Hall–Kier alpha value is -1.85. The maximum absolute atomic E-state index is 12.5. The molecule has 8 nitrogen and oxygen atoms in total. The van der Waals surface area contributed by atoms with Crippen LogP contribution in [0.4, 0.5) is 0 Å². The molecule has 4 rings (SSSR count). The monoisotopic (exact) mass is 568 g/mol. The average molecular weight is 569 g/mol. The molecule has 0 radical (unpaired) electrons. The van der Waals surface area contributed by atoms with Gasteiger partial charge in [-0.3, -0.25) is 14.7 Å². The quantitative estimate of drug-likeness (QED) is 0.317. The molecule has 0 unspecified atom stereocenters. The van der Waals surface area contributed by atoms with Gasteiger partial charge in [0, 0.05) is 69.5 Å². The Morgan fingerprint density at radius 3 is 2.61 bits per heavy atom. The second-order valence-electron chi connectivity index (χ2n) is 8.55. The van der Waals surface area contributed by atoms with Crippen LogP contribution in [0.25, 0.3) is 10.9 Å². The summed E-state index contributed by atoms with van der Waals surface area (Å²) in [6.45, 7) is 12.6. The van der Waals surface area contributed by atoms with E-state index in [0.29, 0.717) is 32.8 Å². The Kier molecular flexibility index (Phi) is 9.81. The molecular weight excluding hydrogens is 531 g/mol. The van der Waals surface area contributed by atoms with Gasteiger partial charge >= 0.3 is 0 Å². The highest BCUT2D eigenvalue weighted by Gasteiger charge is 2.24. The molecule has 2 saturated heterocycles. The molecule has 2 fully saturated rings. The van der Waals surface area contributed by atoms with Crippen molar-refractivity contribution in [2.75, 3.05) is 72.1 Å². The van der Waals surface area contributed by atoms with E-state index in [1.54, 1.807) is 0 Å². The van der Waals surface area contributed by atoms with Crippen molar-refractivity contribution in [1.82, 2.24) is 25.0 Å². The number of aryl methyl sites for hydroxylation is 1. The van der Waals surface area contributed by atoms with E-state index < -0.39 is 0 Å². The first kappa shape index (κ1) is 25.8. The van der Waals surface area contributed by atoms with Gasteiger partial charge in [-0.2, -0.15) is 0 Å². The van der Waals surface area contributed by atoms with E-state index >= 15 is 0 Å². The minimum Gasteiger partial charge on any atom is -0.378 e. The Morgan fingerprint density at radius 1 is 1.12 bits per heavy atom. The highest BCUT2D eigenvalue weighted by Crippen LogP contribution is 2.21. The molecule has 9 heteroatoms. The van der Waals surface area contributed by atoms with Crippen LogP contribution in [0, 0.1) is 6.92 Å². The Bertz CT molecular complexity index is 932. The number of aromatic nitrogens is 1. The first-order valence-electron chi connectivity index (χ1n) is 11.8. The van der Waals surface area contributed by atoms with Crippen molar-refractivity contribution in [3.8, 4) is 0 Å². The maximum Gasteiger partial charge on any atom is 0.236 e. The first-order valence-corrected chi connectivity index (χ1v) is 11.8. The summed E-state index contributed by atoms with van der Waals surface area (Å²) in [5.41, 5.74) is 3.81. The zero-order valence-corrected chi connectivity index (χ0v) is 22.1. The lowest BCUT2D eigenvalue weighted by Gasteiger charge is -2.37. The number of aromatic amines is 1. The summed E-state index contributed by atoms with van der Waals surface area (Å²) in [4.78, 5) is 27.3. The summed E-state index contributed by atoms with van der Waals surface area (Å²) in [7, 11) is 0. The highest BCUT2D eigenvalue weighted by molar-refractivity contribution is 14.0. The van der Waals surface area contributed by atoms with E-state index in [1.807, 2.05) is 4.90 Å². The lowest BCUT2D eigenvalue weighted by molar-refractivity contribution is -0.136. The fourth-order valence-electron chi connectivity index (χ4n) is 4.50. The number of hydrogen-bond acceptors (Lipinski definition) is 4. The molecule has 0 spiro atoms. The number of fused-ring (bicyclic) bond motifs is 1. The van der Waals surface area contributed by atoms with Crippen LogP contribution < -0.4 is 5.32 Å². The summed E-state index contributed by atoms with van der Waals surface area (Å²) in [5.74, 6) is 1.19. The Labute approximate surface area is 213 Å². The molecule has 2 aliphatic rings. The summed E-state index contributed by atoms with van der Waals surface area (Å²) >= 11 is 0. The number of halogens is 1. The number of hydrogen-bond donors (Lipinski definition) is 2. The van der Waals surface area contributed by atoms with Gasteiger partial charge in [-0.25, -0.2) is 0 Å². The number of nitrogens with zero attached hydrogens (tertiary/aromatic N) is 4. The van der Waals surface area contributed by atoms with Gasteiger partial charge in [-0.1, -0.05) is 18.2 Å². The van der Waals surface area contributed by atoms with Crippen LogP contribution in [0.5, 0.6) is 0 Å². The summed E-state index contributed by atoms with van der Waals surface area (Å²) in [6, 6.07) is 6.43. The molecule has 0 atom stereocenters. The van der Waals surface area contributed by atoms with E-state index in [2.05, 4.69) is 58.3 Å². The van der Waals surface area contributed by atoms with Crippen LogP contribution in [0.3, 0.4) is 0 Å². The molecule has 33 heavy (non-hydrogen) atoms. The van der Waals surface area contributed by atoms with Gasteiger partial charge in [0.25, 0.3) is 0 Å². The zero-order chi connectivity index (χ0) is 22.3. The molecular formula is C24H37IN6O2. The standard InChI is InChI=1S/C24H36N6O2.HI/c1-3-25-24(26-8-7-20-17-27-23-19(2)5-4-6-21(20)23)30-11-9-28(10-12-30)18-22(31)29-13-15-32-16-14-29;/h4-6,17,27H,3,7-16,18H2,1-2H3,(H,25,26);1H. The SMILES string of the molecule is CCNC(=NCCc1c[nH]c2c(C)cccc12)N1CCN(CC(=O)N2CCOCC2)CC1.I. The summed E-state index contributed by atoms with van der Waals surface area (Å²) in [6.07, 6.45) is 3.02. The Balaban J connectivity index is 0.00000306. The zero-order valence-electron chi connectivity index (χ0n) is 19.8. The number of rotatable bonds is 6. The molecule has 2 aliphatic heterocycles. The second-order valence-corrected chi connectivity index (χ2v) is 8.55. The Morgan fingerprint density at radius 2 is 1.88 bits per heavy atom. The number of H-pyrrole nitrogens is 1. The van der Waals surface area contributed by atoms with Crippen LogP contribution in [-0.2, 0) is 16.0 Å². The molecule has 1 aromatic carbocycles. The number of nitrogens with one attached hydrogen (secondary N) is 2. The topological polar surface area (TPSA) is 76.2 Å². The van der Waals surface area contributed by atoms with Gasteiger partial charge in [-0.05, 0) is 31.4 Å². The van der Waals surface area contributed by atoms with Crippen molar-refractivity contribution < 1.29 is 9.53 Å². The molecule has 3 heterocycles. The normalized spacial score (nSPS) is 17.8.